The molecular weight excluding hydrogens is 304 g/mol. The first-order chi connectivity index (χ1) is 9.28. The molecule has 0 bridgehead atoms. The summed E-state index contributed by atoms with van der Waals surface area (Å²) in [4.78, 5) is 4.23. The van der Waals surface area contributed by atoms with Gasteiger partial charge in [-0.05, 0) is 42.8 Å². The summed E-state index contributed by atoms with van der Waals surface area (Å²) in [7, 11) is 0. The van der Waals surface area contributed by atoms with Crippen molar-refractivity contribution in [2.75, 3.05) is 6.54 Å². The highest BCUT2D eigenvalue weighted by Crippen LogP contribution is 2.23. The number of benzene rings is 1. The summed E-state index contributed by atoms with van der Waals surface area (Å²) >= 11 is 3.42. The monoisotopic (exact) mass is 320 g/mol. The van der Waals surface area contributed by atoms with Gasteiger partial charge in [0.25, 0.3) is 0 Å². The first-order valence-corrected chi connectivity index (χ1v) is 7.16. The molecule has 2 rings (SSSR count). The highest BCUT2D eigenvalue weighted by atomic mass is 79.9. The molecule has 0 aliphatic rings. The molecule has 0 fully saturated rings. The van der Waals surface area contributed by atoms with Gasteiger partial charge in [-0.15, -0.1) is 0 Å². The van der Waals surface area contributed by atoms with E-state index in [4.69, 9.17) is 4.74 Å². The van der Waals surface area contributed by atoms with Crippen molar-refractivity contribution in [1.29, 1.82) is 0 Å². The van der Waals surface area contributed by atoms with Crippen LogP contribution < -0.4 is 10.1 Å². The zero-order valence-electron chi connectivity index (χ0n) is 10.9. The van der Waals surface area contributed by atoms with Crippen molar-refractivity contribution < 1.29 is 4.74 Å². The molecule has 1 aromatic heterocycles. The minimum Gasteiger partial charge on any atom is -0.439 e. The van der Waals surface area contributed by atoms with Crippen molar-refractivity contribution in [3.05, 3.63) is 52.6 Å². The van der Waals surface area contributed by atoms with Crippen LogP contribution >= 0.6 is 15.9 Å². The number of nitrogens with one attached hydrogen (secondary N) is 1. The van der Waals surface area contributed by atoms with E-state index in [1.54, 1.807) is 6.20 Å². The molecule has 1 aromatic carbocycles. The Morgan fingerprint density at radius 1 is 1.26 bits per heavy atom. The fraction of sp³-hybridized carbons (Fsp3) is 0.267. The number of aromatic nitrogens is 1. The maximum atomic E-state index is 5.74. The Kier molecular flexibility index (Phi) is 5.36. The molecule has 2 aromatic rings. The van der Waals surface area contributed by atoms with Crippen LogP contribution in [-0.2, 0) is 6.54 Å². The second-order valence-electron chi connectivity index (χ2n) is 4.24. The molecule has 0 unspecified atom stereocenters. The summed E-state index contributed by atoms with van der Waals surface area (Å²) < 4.78 is 6.73. The lowest BCUT2D eigenvalue weighted by atomic mass is 10.2. The average Bonchev–Trinajstić information content (AvgIpc) is 2.39. The third-order valence-electron chi connectivity index (χ3n) is 2.57. The molecule has 100 valence electrons. The molecule has 1 N–H and O–H groups in total. The lowest BCUT2D eigenvalue weighted by Gasteiger charge is -2.07. The third-order valence-corrected chi connectivity index (χ3v) is 3.07. The van der Waals surface area contributed by atoms with E-state index in [1.807, 2.05) is 36.4 Å². The quantitative estimate of drug-likeness (QED) is 0.812. The summed E-state index contributed by atoms with van der Waals surface area (Å²) in [6.07, 6.45) is 2.91. The van der Waals surface area contributed by atoms with Crippen LogP contribution in [0.1, 0.15) is 18.9 Å². The molecule has 0 amide bonds. The molecule has 0 aliphatic carbocycles. The van der Waals surface area contributed by atoms with Gasteiger partial charge in [-0.1, -0.05) is 28.9 Å². The van der Waals surface area contributed by atoms with E-state index in [0.29, 0.717) is 5.88 Å². The van der Waals surface area contributed by atoms with Gasteiger partial charge in [0.1, 0.15) is 5.75 Å². The molecule has 0 atom stereocenters. The van der Waals surface area contributed by atoms with Crippen molar-refractivity contribution in [3.8, 4) is 11.6 Å². The number of rotatable bonds is 6. The number of nitrogens with zero attached hydrogens (tertiary/aromatic N) is 1. The highest BCUT2D eigenvalue weighted by molar-refractivity contribution is 9.10. The molecular formula is C15H17BrN2O. The average molecular weight is 321 g/mol. The van der Waals surface area contributed by atoms with Gasteiger partial charge in [-0.2, -0.15) is 0 Å². The Morgan fingerprint density at radius 2 is 2.16 bits per heavy atom. The fourth-order valence-electron chi connectivity index (χ4n) is 1.68. The Balaban J connectivity index is 2.02. The van der Waals surface area contributed by atoms with Gasteiger partial charge < -0.3 is 10.1 Å². The number of hydrogen-bond donors (Lipinski definition) is 1. The van der Waals surface area contributed by atoms with Gasteiger partial charge >= 0.3 is 0 Å². The number of ether oxygens (including phenoxy) is 1. The Morgan fingerprint density at radius 3 is 2.95 bits per heavy atom. The lowest BCUT2D eigenvalue weighted by Crippen LogP contribution is -2.13. The maximum absolute atomic E-state index is 5.74. The van der Waals surface area contributed by atoms with E-state index in [0.717, 1.165) is 29.7 Å². The van der Waals surface area contributed by atoms with Crippen molar-refractivity contribution >= 4 is 15.9 Å². The fourth-order valence-corrected chi connectivity index (χ4v) is 2.06. The van der Waals surface area contributed by atoms with Crippen molar-refractivity contribution in [1.82, 2.24) is 10.3 Å². The van der Waals surface area contributed by atoms with Crippen LogP contribution in [0.2, 0.25) is 0 Å². The van der Waals surface area contributed by atoms with Gasteiger partial charge in [0, 0.05) is 23.3 Å². The van der Waals surface area contributed by atoms with Gasteiger partial charge in [0.05, 0.1) is 0 Å². The number of pyridine rings is 1. The standard InChI is InChI=1S/C15H17BrN2O/c1-2-7-17-11-12-6-8-18-15(9-12)19-14-5-3-4-13(16)10-14/h3-6,8-10,17H,2,7,11H2,1H3. The molecule has 0 radical (unpaired) electrons. The summed E-state index contributed by atoms with van der Waals surface area (Å²) in [5, 5.41) is 3.36. The van der Waals surface area contributed by atoms with Crippen molar-refractivity contribution in [3.63, 3.8) is 0 Å². The lowest BCUT2D eigenvalue weighted by molar-refractivity contribution is 0.461. The predicted octanol–water partition coefficient (Wildman–Crippen LogP) is 4.14. The van der Waals surface area contributed by atoms with Gasteiger partial charge in [0.2, 0.25) is 5.88 Å². The third kappa shape index (κ3) is 4.65. The van der Waals surface area contributed by atoms with Crippen LogP contribution in [0, 0.1) is 0 Å². The van der Waals surface area contributed by atoms with Crippen LogP contribution in [0.4, 0.5) is 0 Å². The largest absolute Gasteiger partial charge is 0.439 e. The van der Waals surface area contributed by atoms with E-state index in [-0.39, 0.29) is 0 Å². The van der Waals surface area contributed by atoms with E-state index in [2.05, 4.69) is 33.2 Å². The van der Waals surface area contributed by atoms with Crippen LogP contribution in [0.5, 0.6) is 11.6 Å². The Bertz CT molecular complexity index is 531. The topological polar surface area (TPSA) is 34.2 Å². The highest BCUT2D eigenvalue weighted by Gasteiger charge is 2.01. The maximum Gasteiger partial charge on any atom is 0.219 e. The number of hydrogen-bond acceptors (Lipinski definition) is 3. The zero-order chi connectivity index (χ0) is 13.5. The Labute approximate surface area is 122 Å². The van der Waals surface area contributed by atoms with Crippen LogP contribution in [-0.4, -0.2) is 11.5 Å². The van der Waals surface area contributed by atoms with Gasteiger partial charge in [-0.25, -0.2) is 4.98 Å². The van der Waals surface area contributed by atoms with Gasteiger partial charge in [0.15, 0.2) is 0 Å². The van der Waals surface area contributed by atoms with E-state index in [1.165, 1.54) is 5.56 Å². The van der Waals surface area contributed by atoms with Crippen LogP contribution in [0.25, 0.3) is 0 Å². The van der Waals surface area contributed by atoms with Crippen molar-refractivity contribution in [2.24, 2.45) is 0 Å². The second kappa shape index (κ2) is 7.26. The minimum atomic E-state index is 0.619. The van der Waals surface area contributed by atoms with Crippen molar-refractivity contribution in [2.45, 2.75) is 19.9 Å². The van der Waals surface area contributed by atoms with Gasteiger partial charge in [-0.3, -0.25) is 0 Å². The van der Waals surface area contributed by atoms with Crippen LogP contribution in [0.3, 0.4) is 0 Å². The first-order valence-electron chi connectivity index (χ1n) is 6.37. The number of halogens is 1. The molecule has 0 spiro atoms. The molecule has 0 aliphatic heterocycles. The smallest absolute Gasteiger partial charge is 0.219 e. The van der Waals surface area contributed by atoms with Crippen LogP contribution in [0.15, 0.2) is 47.1 Å². The molecule has 3 nitrogen and oxygen atoms in total. The predicted molar refractivity (Wildman–Crippen MR) is 80.5 cm³/mol. The Hall–Kier alpha value is -1.39. The summed E-state index contributed by atoms with van der Waals surface area (Å²) in [6.45, 7) is 4.01. The SMILES string of the molecule is CCCNCc1ccnc(Oc2cccc(Br)c2)c1. The zero-order valence-corrected chi connectivity index (χ0v) is 12.5. The van der Waals surface area contributed by atoms with E-state index >= 15 is 0 Å². The summed E-state index contributed by atoms with van der Waals surface area (Å²) in [5.74, 6) is 1.40. The minimum absolute atomic E-state index is 0.619. The molecule has 1 heterocycles. The first kappa shape index (κ1) is 14.0. The second-order valence-corrected chi connectivity index (χ2v) is 5.15. The molecule has 0 saturated carbocycles. The normalized spacial score (nSPS) is 10.4. The summed E-state index contributed by atoms with van der Waals surface area (Å²) in [5.41, 5.74) is 1.17. The molecule has 4 heteroatoms. The summed E-state index contributed by atoms with van der Waals surface area (Å²) in [6, 6.07) is 11.7. The van der Waals surface area contributed by atoms with E-state index in [9.17, 15) is 0 Å². The molecule has 0 saturated heterocycles. The molecule has 19 heavy (non-hydrogen) atoms. The van der Waals surface area contributed by atoms with E-state index < -0.39 is 0 Å².